The molecule has 3 atom stereocenters. The summed E-state index contributed by atoms with van der Waals surface area (Å²) >= 11 is 0. The van der Waals surface area contributed by atoms with Crippen LogP contribution < -0.4 is 15.4 Å². The summed E-state index contributed by atoms with van der Waals surface area (Å²) in [7, 11) is 3.40. The smallest absolute Gasteiger partial charge is 0.319 e. The van der Waals surface area contributed by atoms with E-state index in [1.54, 1.807) is 37.3 Å². The normalized spacial score (nSPS) is 23.8. The van der Waals surface area contributed by atoms with Crippen molar-refractivity contribution in [3.63, 3.8) is 0 Å². The van der Waals surface area contributed by atoms with Gasteiger partial charge < -0.3 is 29.9 Å². The van der Waals surface area contributed by atoms with Crippen LogP contribution in [0.5, 0.6) is 5.75 Å². The van der Waals surface area contributed by atoms with Crippen molar-refractivity contribution in [3.05, 3.63) is 23.8 Å². The van der Waals surface area contributed by atoms with Crippen LogP contribution in [0, 0.1) is 11.8 Å². The van der Waals surface area contributed by atoms with Crippen LogP contribution in [-0.2, 0) is 9.53 Å². The van der Waals surface area contributed by atoms with E-state index in [-0.39, 0.29) is 48.4 Å². The average molecular weight is 517 g/mol. The number of nitrogens with zero attached hydrogens (tertiary/aromatic N) is 2. The number of hydrogen-bond donors (Lipinski definition) is 2. The van der Waals surface area contributed by atoms with Crippen LogP contribution >= 0.6 is 0 Å². The zero-order valence-corrected chi connectivity index (χ0v) is 23.0. The lowest BCUT2D eigenvalue weighted by atomic mass is 9.87. The van der Waals surface area contributed by atoms with E-state index in [1.807, 2.05) is 18.7 Å². The number of likely N-dealkylation sites (N-methyl/N-ethyl adjacent to an activating group) is 1. The lowest BCUT2D eigenvalue weighted by Crippen LogP contribution is -2.50. The quantitative estimate of drug-likeness (QED) is 0.613. The van der Waals surface area contributed by atoms with Crippen LogP contribution in [0.1, 0.15) is 69.7 Å². The number of hydrogen-bond acceptors (Lipinski definition) is 5. The van der Waals surface area contributed by atoms with Crippen LogP contribution in [0.2, 0.25) is 0 Å². The molecule has 0 aromatic heterocycles. The molecule has 1 aromatic carbocycles. The van der Waals surface area contributed by atoms with Gasteiger partial charge >= 0.3 is 6.03 Å². The average Bonchev–Trinajstić information content (AvgIpc) is 2.91. The minimum atomic E-state index is -0.312. The Kier molecular flexibility index (Phi) is 10.6. The van der Waals surface area contributed by atoms with E-state index in [9.17, 15) is 14.4 Å². The SMILES string of the molecule is CCCNC(=O)Nc1ccc2c(c1)OC[C@@H](C)N(C(=O)C1CCCCC1)C[C@@H](C)[C@H](OC)CN(C)C2=O. The fourth-order valence-corrected chi connectivity index (χ4v) is 5.15. The van der Waals surface area contributed by atoms with Gasteiger partial charge in [0.1, 0.15) is 12.4 Å². The first-order chi connectivity index (χ1) is 17.7. The lowest BCUT2D eigenvalue weighted by Gasteiger charge is -2.38. The molecule has 1 saturated carbocycles. The van der Waals surface area contributed by atoms with Crippen LogP contribution in [-0.4, -0.2) is 80.2 Å². The second kappa shape index (κ2) is 13.7. The molecule has 1 aliphatic carbocycles. The molecule has 0 unspecified atom stereocenters. The molecule has 0 radical (unpaired) electrons. The first-order valence-electron chi connectivity index (χ1n) is 13.7. The van der Waals surface area contributed by atoms with E-state index in [2.05, 4.69) is 17.6 Å². The van der Waals surface area contributed by atoms with Crippen LogP contribution in [0.15, 0.2) is 18.2 Å². The first-order valence-corrected chi connectivity index (χ1v) is 13.7. The highest BCUT2D eigenvalue weighted by atomic mass is 16.5. The molecule has 2 N–H and O–H groups in total. The minimum Gasteiger partial charge on any atom is -0.491 e. The second-order valence-electron chi connectivity index (χ2n) is 10.5. The molecule has 3 rings (SSSR count). The molecular formula is C28H44N4O5. The Hall–Kier alpha value is -2.81. The van der Waals surface area contributed by atoms with E-state index >= 15 is 0 Å². The van der Waals surface area contributed by atoms with Crippen molar-refractivity contribution < 1.29 is 23.9 Å². The Morgan fingerprint density at radius 2 is 1.86 bits per heavy atom. The number of amides is 4. The number of rotatable bonds is 5. The lowest BCUT2D eigenvalue weighted by molar-refractivity contribution is -0.141. The predicted molar refractivity (Wildman–Crippen MR) is 144 cm³/mol. The van der Waals surface area contributed by atoms with Gasteiger partial charge in [0.05, 0.1) is 17.7 Å². The Labute approximate surface area is 221 Å². The van der Waals surface area contributed by atoms with Crippen molar-refractivity contribution in [1.29, 1.82) is 0 Å². The molecular weight excluding hydrogens is 472 g/mol. The molecule has 0 saturated heterocycles. The van der Waals surface area contributed by atoms with Crippen molar-refractivity contribution in [2.45, 2.75) is 71.4 Å². The van der Waals surface area contributed by atoms with E-state index in [0.29, 0.717) is 36.6 Å². The maximum Gasteiger partial charge on any atom is 0.319 e. The number of carbonyl (C=O) groups excluding carboxylic acids is 3. The summed E-state index contributed by atoms with van der Waals surface area (Å²) in [5.41, 5.74) is 0.934. The monoisotopic (exact) mass is 516 g/mol. The third-order valence-corrected chi connectivity index (χ3v) is 7.48. The summed E-state index contributed by atoms with van der Waals surface area (Å²) < 4.78 is 12.0. The topological polar surface area (TPSA) is 100 Å². The Balaban J connectivity index is 1.90. The van der Waals surface area contributed by atoms with Gasteiger partial charge in [0, 0.05) is 57.4 Å². The zero-order valence-electron chi connectivity index (χ0n) is 23.0. The maximum absolute atomic E-state index is 13.7. The van der Waals surface area contributed by atoms with Crippen LogP contribution in [0.3, 0.4) is 0 Å². The molecule has 206 valence electrons. The fraction of sp³-hybridized carbons (Fsp3) is 0.679. The Morgan fingerprint density at radius 3 is 2.54 bits per heavy atom. The molecule has 1 fully saturated rings. The molecule has 4 amide bonds. The van der Waals surface area contributed by atoms with E-state index in [4.69, 9.17) is 9.47 Å². The third kappa shape index (κ3) is 7.60. The highest BCUT2D eigenvalue weighted by Gasteiger charge is 2.33. The second-order valence-corrected chi connectivity index (χ2v) is 10.5. The summed E-state index contributed by atoms with van der Waals surface area (Å²) in [4.78, 5) is 42.8. The molecule has 9 heteroatoms. The number of fused-ring (bicyclic) bond motifs is 1. The number of carbonyl (C=O) groups is 3. The van der Waals surface area contributed by atoms with Gasteiger partial charge in [0.25, 0.3) is 5.91 Å². The molecule has 1 heterocycles. The van der Waals surface area contributed by atoms with Gasteiger partial charge in [-0.2, -0.15) is 0 Å². The van der Waals surface area contributed by atoms with Crippen LogP contribution in [0.4, 0.5) is 10.5 Å². The zero-order chi connectivity index (χ0) is 26.9. The number of benzene rings is 1. The predicted octanol–water partition coefficient (Wildman–Crippen LogP) is 4.13. The number of nitrogens with one attached hydrogen (secondary N) is 2. The molecule has 9 nitrogen and oxygen atoms in total. The standard InChI is InChI=1S/C28H44N4O5/c1-6-14-29-28(35)30-22-12-13-23-24(15-22)37-18-20(3)32(26(33)21-10-8-7-9-11-21)16-19(2)25(36-5)17-31(4)27(23)34/h12-13,15,19-21,25H,6-11,14,16-18H2,1-5H3,(H2,29,30,35)/t19-,20-,25-/m1/s1. The molecule has 0 bridgehead atoms. The van der Waals surface area contributed by atoms with Gasteiger partial charge in [-0.1, -0.05) is 33.1 Å². The number of urea groups is 1. The van der Waals surface area contributed by atoms with Crippen molar-refractivity contribution in [3.8, 4) is 5.75 Å². The van der Waals surface area contributed by atoms with E-state index < -0.39 is 0 Å². The molecule has 37 heavy (non-hydrogen) atoms. The first kappa shape index (κ1) is 28.8. The fourth-order valence-electron chi connectivity index (χ4n) is 5.15. The van der Waals surface area contributed by atoms with E-state index in [0.717, 1.165) is 32.1 Å². The third-order valence-electron chi connectivity index (χ3n) is 7.48. The summed E-state index contributed by atoms with van der Waals surface area (Å²) in [6.07, 6.45) is 5.83. The van der Waals surface area contributed by atoms with Gasteiger partial charge in [0.15, 0.2) is 0 Å². The number of anilines is 1. The van der Waals surface area contributed by atoms with Gasteiger partial charge in [-0.25, -0.2) is 4.79 Å². The van der Waals surface area contributed by atoms with Crippen LogP contribution in [0.25, 0.3) is 0 Å². The van der Waals surface area contributed by atoms with Gasteiger partial charge in [-0.15, -0.1) is 0 Å². The van der Waals surface area contributed by atoms with Crippen molar-refractivity contribution in [2.75, 3.05) is 45.7 Å². The Morgan fingerprint density at radius 1 is 1.14 bits per heavy atom. The minimum absolute atomic E-state index is 0.0300. The van der Waals surface area contributed by atoms with Gasteiger partial charge in [0.2, 0.25) is 5.91 Å². The number of ether oxygens (including phenoxy) is 2. The highest BCUT2D eigenvalue weighted by Crippen LogP contribution is 2.29. The largest absolute Gasteiger partial charge is 0.491 e. The van der Waals surface area contributed by atoms with Crippen molar-refractivity contribution >= 4 is 23.5 Å². The summed E-state index contributed by atoms with van der Waals surface area (Å²) in [5.74, 6) is 0.454. The molecule has 1 aromatic rings. The van der Waals surface area contributed by atoms with Gasteiger partial charge in [-0.05, 0) is 38.3 Å². The summed E-state index contributed by atoms with van der Waals surface area (Å²) in [5, 5.41) is 5.58. The highest BCUT2D eigenvalue weighted by molar-refractivity contribution is 5.98. The Bertz CT molecular complexity index is 933. The maximum atomic E-state index is 13.7. The van der Waals surface area contributed by atoms with Crippen molar-refractivity contribution in [1.82, 2.24) is 15.1 Å². The van der Waals surface area contributed by atoms with Gasteiger partial charge in [-0.3, -0.25) is 9.59 Å². The summed E-state index contributed by atoms with van der Waals surface area (Å²) in [6.45, 7) is 7.77. The molecule has 0 spiro atoms. The van der Waals surface area contributed by atoms with E-state index in [1.165, 1.54) is 6.42 Å². The molecule has 2 aliphatic rings. The molecule has 1 aliphatic heterocycles. The van der Waals surface area contributed by atoms with Crippen molar-refractivity contribution in [2.24, 2.45) is 11.8 Å². The summed E-state index contributed by atoms with van der Waals surface area (Å²) in [6, 6.07) is 4.54. The number of methoxy groups -OCH3 is 1.